The third kappa shape index (κ3) is 5.07. The lowest BCUT2D eigenvalue weighted by atomic mass is 10.2. The number of halogens is 2. The maximum atomic E-state index is 13.0. The monoisotopic (exact) mass is 425 g/mol. The van der Waals surface area contributed by atoms with E-state index in [1.54, 1.807) is 65.5 Å². The molecular formula is C22H17ClFN3O3. The van der Waals surface area contributed by atoms with Crippen molar-refractivity contribution in [2.45, 2.75) is 13.2 Å². The minimum absolute atomic E-state index is 0.146. The molecule has 0 aliphatic rings. The summed E-state index contributed by atoms with van der Waals surface area (Å²) in [7, 11) is 0. The summed E-state index contributed by atoms with van der Waals surface area (Å²) in [6.07, 6.45) is 1.73. The summed E-state index contributed by atoms with van der Waals surface area (Å²) >= 11 is 5.92. The Kier molecular flexibility index (Phi) is 5.81. The summed E-state index contributed by atoms with van der Waals surface area (Å²) in [6.45, 7) is 0.627. The molecule has 2 aromatic carbocycles. The number of carbonyl (C=O) groups excluding carboxylic acids is 1. The average Bonchev–Trinajstić information content (AvgIpc) is 3.38. The smallest absolute Gasteiger partial charge is 0.292 e. The second-order valence-corrected chi connectivity index (χ2v) is 6.93. The summed E-state index contributed by atoms with van der Waals surface area (Å²) in [5.41, 5.74) is 0.896. The molecule has 0 saturated heterocycles. The third-order valence-electron chi connectivity index (χ3n) is 4.20. The van der Waals surface area contributed by atoms with Crippen LogP contribution in [-0.4, -0.2) is 15.7 Å². The lowest BCUT2D eigenvalue weighted by Gasteiger charge is -2.04. The molecule has 1 amide bonds. The largest absolute Gasteiger partial charge is 0.486 e. The number of benzene rings is 2. The van der Waals surface area contributed by atoms with Gasteiger partial charge in [-0.2, -0.15) is 5.10 Å². The summed E-state index contributed by atoms with van der Waals surface area (Å²) in [5, 5.41) is 7.56. The van der Waals surface area contributed by atoms with Crippen molar-refractivity contribution in [2.75, 3.05) is 5.32 Å². The van der Waals surface area contributed by atoms with E-state index in [0.29, 0.717) is 28.9 Å². The number of nitrogens with zero attached hydrogens (tertiary/aromatic N) is 2. The van der Waals surface area contributed by atoms with Crippen LogP contribution >= 0.6 is 11.6 Å². The van der Waals surface area contributed by atoms with E-state index in [1.165, 1.54) is 12.1 Å². The van der Waals surface area contributed by atoms with E-state index in [0.717, 1.165) is 5.56 Å². The van der Waals surface area contributed by atoms with Gasteiger partial charge in [-0.05, 0) is 48.0 Å². The van der Waals surface area contributed by atoms with Crippen LogP contribution in [0.15, 0.2) is 77.3 Å². The first-order valence-electron chi connectivity index (χ1n) is 9.11. The second kappa shape index (κ2) is 8.84. The van der Waals surface area contributed by atoms with Crippen molar-refractivity contribution in [3.05, 3.63) is 101 Å². The molecule has 0 aliphatic carbocycles. The zero-order valence-electron chi connectivity index (χ0n) is 15.7. The predicted molar refractivity (Wildman–Crippen MR) is 110 cm³/mol. The van der Waals surface area contributed by atoms with E-state index in [4.69, 9.17) is 20.8 Å². The highest BCUT2D eigenvalue weighted by molar-refractivity contribution is 6.30. The van der Waals surface area contributed by atoms with Crippen LogP contribution in [0.3, 0.4) is 0 Å². The van der Waals surface area contributed by atoms with Crippen LogP contribution in [0.1, 0.15) is 21.9 Å². The van der Waals surface area contributed by atoms with Crippen LogP contribution in [0.2, 0.25) is 5.02 Å². The van der Waals surface area contributed by atoms with E-state index in [9.17, 15) is 9.18 Å². The molecule has 6 nitrogen and oxygen atoms in total. The van der Waals surface area contributed by atoms with Crippen molar-refractivity contribution >= 4 is 23.3 Å². The highest BCUT2D eigenvalue weighted by Gasteiger charge is 2.13. The molecule has 1 N–H and O–H groups in total. The standard InChI is InChI=1S/C22H17ClFN3O3/c23-16-2-1-3-18(12-16)29-14-19-8-9-20(30-19)22(28)25-21-10-11-27(26-21)13-15-4-6-17(24)7-5-15/h1-12H,13-14H2,(H,25,26,28). The normalized spacial score (nSPS) is 10.7. The van der Waals surface area contributed by atoms with E-state index in [1.807, 2.05) is 0 Å². The Hall–Kier alpha value is -3.58. The van der Waals surface area contributed by atoms with E-state index < -0.39 is 5.91 Å². The van der Waals surface area contributed by atoms with E-state index in [2.05, 4.69) is 10.4 Å². The van der Waals surface area contributed by atoms with Crippen LogP contribution in [0.25, 0.3) is 0 Å². The van der Waals surface area contributed by atoms with E-state index >= 15 is 0 Å². The topological polar surface area (TPSA) is 69.3 Å². The number of ether oxygens (including phenoxy) is 1. The van der Waals surface area contributed by atoms with Gasteiger partial charge in [0.15, 0.2) is 11.6 Å². The van der Waals surface area contributed by atoms with Crippen molar-refractivity contribution in [2.24, 2.45) is 0 Å². The minimum Gasteiger partial charge on any atom is -0.486 e. The zero-order chi connectivity index (χ0) is 20.9. The molecule has 8 heteroatoms. The van der Waals surface area contributed by atoms with Gasteiger partial charge in [-0.1, -0.05) is 29.8 Å². The molecule has 30 heavy (non-hydrogen) atoms. The van der Waals surface area contributed by atoms with Crippen LogP contribution in [0.4, 0.5) is 10.2 Å². The molecule has 4 rings (SSSR count). The molecule has 4 aromatic rings. The maximum absolute atomic E-state index is 13.0. The molecular weight excluding hydrogens is 409 g/mol. The molecule has 0 aliphatic heterocycles. The number of anilines is 1. The number of aromatic nitrogens is 2. The predicted octanol–water partition coefficient (Wildman–Crippen LogP) is 5.15. The number of amides is 1. The average molecular weight is 426 g/mol. The van der Waals surface area contributed by atoms with Gasteiger partial charge in [-0.15, -0.1) is 0 Å². The molecule has 0 atom stereocenters. The number of hydrogen-bond acceptors (Lipinski definition) is 4. The molecule has 0 radical (unpaired) electrons. The fraction of sp³-hybridized carbons (Fsp3) is 0.0909. The van der Waals surface area contributed by atoms with Gasteiger partial charge in [0.25, 0.3) is 5.91 Å². The summed E-state index contributed by atoms with van der Waals surface area (Å²) in [5.74, 6) is 0.931. The molecule has 0 bridgehead atoms. The summed E-state index contributed by atoms with van der Waals surface area (Å²) in [4.78, 5) is 12.4. The molecule has 0 fully saturated rings. The highest BCUT2D eigenvalue weighted by Crippen LogP contribution is 2.19. The van der Waals surface area contributed by atoms with Crippen molar-refractivity contribution < 1.29 is 18.3 Å². The number of furan rings is 1. The zero-order valence-corrected chi connectivity index (χ0v) is 16.5. The van der Waals surface area contributed by atoms with Crippen LogP contribution in [0, 0.1) is 5.82 Å². The van der Waals surface area contributed by atoms with Crippen LogP contribution in [-0.2, 0) is 13.2 Å². The molecule has 0 spiro atoms. The Morgan fingerprint density at radius 1 is 1.13 bits per heavy atom. The number of carbonyl (C=O) groups is 1. The van der Waals surface area contributed by atoms with Crippen molar-refractivity contribution in [3.8, 4) is 5.75 Å². The fourth-order valence-corrected chi connectivity index (χ4v) is 2.94. The molecule has 0 unspecified atom stereocenters. The number of rotatable bonds is 7. The Morgan fingerprint density at radius 2 is 1.97 bits per heavy atom. The second-order valence-electron chi connectivity index (χ2n) is 6.49. The Morgan fingerprint density at radius 3 is 2.77 bits per heavy atom. The highest BCUT2D eigenvalue weighted by atomic mass is 35.5. The fourth-order valence-electron chi connectivity index (χ4n) is 2.76. The van der Waals surface area contributed by atoms with Gasteiger partial charge in [-0.3, -0.25) is 9.48 Å². The van der Waals surface area contributed by atoms with Gasteiger partial charge < -0.3 is 14.5 Å². The van der Waals surface area contributed by atoms with Crippen LogP contribution < -0.4 is 10.1 Å². The van der Waals surface area contributed by atoms with Crippen LogP contribution in [0.5, 0.6) is 5.75 Å². The SMILES string of the molecule is O=C(Nc1ccn(Cc2ccc(F)cc2)n1)c1ccc(COc2cccc(Cl)c2)o1. The van der Waals surface area contributed by atoms with E-state index in [-0.39, 0.29) is 18.2 Å². The number of hydrogen-bond donors (Lipinski definition) is 1. The number of nitrogens with one attached hydrogen (secondary N) is 1. The Bertz CT molecular complexity index is 1150. The molecule has 152 valence electrons. The third-order valence-corrected chi connectivity index (χ3v) is 4.44. The Balaban J connectivity index is 1.33. The molecule has 2 heterocycles. The lowest BCUT2D eigenvalue weighted by Crippen LogP contribution is -2.12. The quantitative estimate of drug-likeness (QED) is 0.444. The van der Waals surface area contributed by atoms with Gasteiger partial charge in [0.05, 0.1) is 6.54 Å². The van der Waals surface area contributed by atoms with Gasteiger partial charge in [-0.25, -0.2) is 4.39 Å². The molecule has 2 aromatic heterocycles. The maximum Gasteiger partial charge on any atom is 0.292 e. The van der Waals surface area contributed by atoms with Gasteiger partial charge in [0.1, 0.15) is 23.9 Å². The molecule has 0 saturated carbocycles. The van der Waals surface area contributed by atoms with Gasteiger partial charge in [0.2, 0.25) is 0 Å². The van der Waals surface area contributed by atoms with Crippen molar-refractivity contribution in [1.29, 1.82) is 0 Å². The van der Waals surface area contributed by atoms with Gasteiger partial charge >= 0.3 is 0 Å². The minimum atomic E-state index is -0.420. The summed E-state index contributed by atoms with van der Waals surface area (Å²) < 4.78 is 25.8. The summed E-state index contributed by atoms with van der Waals surface area (Å²) in [6, 6.07) is 18.1. The first-order chi connectivity index (χ1) is 14.5. The first kappa shape index (κ1) is 19.7. The van der Waals surface area contributed by atoms with Crippen molar-refractivity contribution in [1.82, 2.24) is 9.78 Å². The first-order valence-corrected chi connectivity index (χ1v) is 9.49. The lowest BCUT2D eigenvalue weighted by molar-refractivity contribution is 0.0992. The Labute approximate surface area is 176 Å². The van der Waals surface area contributed by atoms with Gasteiger partial charge in [0, 0.05) is 17.3 Å². The van der Waals surface area contributed by atoms with Crippen molar-refractivity contribution in [3.63, 3.8) is 0 Å².